The maximum atomic E-state index is 13.1. The van der Waals surface area contributed by atoms with Crippen LogP contribution in [0.2, 0.25) is 5.02 Å². The molecule has 0 radical (unpaired) electrons. The number of aromatic nitrogens is 1. The molecule has 1 N–H and O–H groups in total. The van der Waals surface area contributed by atoms with E-state index >= 15 is 0 Å². The fraction of sp³-hybridized carbons (Fsp3) is 0.273. The monoisotopic (exact) mass is 529 g/mol. The molecule has 1 aromatic heterocycles. The molecule has 1 fully saturated rings. The second-order valence-electron chi connectivity index (χ2n) is 7.62. The summed E-state index contributed by atoms with van der Waals surface area (Å²) in [7, 11) is -3.95. The van der Waals surface area contributed by atoms with Crippen LogP contribution >= 0.6 is 22.9 Å². The Morgan fingerprint density at radius 1 is 1.18 bits per heavy atom. The standard InChI is InChI=1S/C22H19ClF3N3O3S2/c23-16-4-1-2-6-19(16)34(31,32)29-11-3-5-18(29)21(30)27-12-20-28-17(13-33-20)14-7-9-15(10-8-14)22(24,25)26/h1-2,4,6-10,13,18H,3,5,11-12H2,(H,27,30)/t18-/m0/s1. The van der Waals surface area contributed by atoms with Crippen LogP contribution < -0.4 is 5.32 Å². The molecule has 6 nitrogen and oxygen atoms in total. The van der Waals surface area contributed by atoms with Gasteiger partial charge in [-0.2, -0.15) is 17.5 Å². The van der Waals surface area contributed by atoms with Gasteiger partial charge >= 0.3 is 6.18 Å². The first-order chi connectivity index (χ1) is 16.1. The molecule has 0 saturated carbocycles. The van der Waals surface area contributed by atoms with Gasteiger partial charge in [0.15, 0.2) is 0 Å². The first-order valence-electron chi connectivity index (χ1n) is 10.2. The third kappa shape index (κ3) is 5.12. The molecule has 34 heavy (non-hydrogen) atoms. The Morgan fingerprint density at radius 3 is 2.56 bits per heavy atom. The van der Waals surface area contributed by atoms with Crippen molar-refractivity contribution in [2.24, 2.45) is 0 Å². The zero-order valence-corrected chi connectivity index (χ0v) is 19.9. The molecule has 180 valence electrons. The minimum atomic E-state index is -4.41. The average molecular weight is 530 g/mol. The number of amides is 1. The Kier molecular flexibility index (Phi) is 6.99. The van der Waals surface area contributed by atoms with E-state index in [0.29, 0.717) is 29.1 Å². The Hall–Kier alpha value is -2.47. The molecule has 1 aliphatic rings. The number of sulfonamides is 1. The molecule has 0 aliphatic carbocycles. The molecule has 1 aliphatic heterocycles. The number of nitrogens with zero attached hydrogens (tertiary/aromatic N) is 2. The molecule has 0 spiro atoms. The third-order valence-electron chi connectivity index (χ3n) is 5.40. The summed E-state index contributed by atoms with van der Waals surface area (Å²) in [6.07, 6.45) is -3.50. The van der Waals surface area contributed by atoms with E-state index in [1.54, 1.807) is 17.5 Å². The van der Waals surface area contributed by atoms with Gasteiger partial charge in [0.2, 0.25) is 15.9 Å². The van der Waals surface area contributed by atoms with Gasteiger partial charge in [-0.15, -0.1) is 11.3 Å². The van der Waals surface area contributed by atoms with Crippen molar-refractivity contribution in [2.75, 3.05) is 6.54 Å². The lowest BCUT2D eigenvalue weighted by Gasteiger charge is -2.23. The van der Waals surface area contributed by atoms with Gasteiger partial charge in [0.25, 0.3) is 0 Å². The number of rotatable bonds is 6. The molecular weight excluding hydrogens is 511 g/mol. The lowest BCUT2D eigenvalue weighted by atomic mass is 10.1. The van der Waals surface area contributed by atoms with Crippen LogP contribution in [0, 0.1) is 0 Å². The van der Waals surface area contributed by atoms with E-state index < -0.39 is 33.7 Å². The van der Waals surface area contributed by atoms with Gasteiger partial charge in [0.05, 0.1) is 22.8 Å². The molecule has 2 aromatic carbocycles. The summed E-state index contributed by atoms with van der Waals surface area (Å²) in [6, 6.07) is 9.89. The van der Waals surface area contributed by atoms with E-state index in [0.717, 1.165) is 12.1 Å². The third-order valence-corrected chi connectivity index (χ3v) is 8.66. The van der Waals surface area contributed by atoms with Gasteiger partial charge in [-0.05, 0) is 37.1 Å². The number of nitrogens with one attached hydrogen (secondary N) is 1. The summed E-state index contributed by atoms with van der Waals surface area (Å²) in [5, 5.41) is 5.05. The Balaban J connectivity index is 1.42. The quantitative estimate of drug-likeness (QED) is 0.490. The zero-order valence-electron chi connectivity index (χ0n) is 17.5. The Bertz CT molecular complexity index is 1290. The average Bonchev–Trinajstić information content (AvgIpc) is 3.47. The van der Waals surface area contributed by atoms with Crippen molar-refractivity contribution in [1.82, 2.24) is 14.6 Å². The van der Waals surface area contributed by atoms with Crippen LogP contribution in [0.3, 0.4) is 0 Å². The van der Waals surface area contributed by atoms with Crippen molar-refractivity contribution in [3.05, 3.63) is 69.5 Å². The van der Waals surface area contributed by atoms with Crippen molar-refractivity contribution < 1.29 is 26.4 Å². The predicted molar refractivity (Wildman–Crippen MR) is 123 cm³/mol. The zero-order chi connectivity index (χ0) is 24.5. The normalized spacial score (nSPS) is 17.1. The number of benzene rings is 2. The van der Waals surface area contributed by atoms with Crippen LogP contribution in [0.15, 0.2) is 58.8 Å². The highest BCUT2D eigenvalue weighted by Gasteiger charge is 2.40. The van der Waals surface area contributed by atoms with Crippen LogP contribution in [0.4, 0.5) is 13.2 Å². The summed E-state index contributed by atoms with van der Waals surface area (Å²) in [5.74, 6) is -0.445. The smallest absolute Gasteiger partial charge is 0.348 e. The highest BCUT2D eigenvalue weighted by atomic mass is 35.5. The fourth-order valence-electron chi connectivity index (χ4n) is 3.71. The molecule has 0 unspecified atom stereocenters. The SMILES string of the molecule is O=C(NCc1nc(-c2ccc(C(F)(F)F)cc2)cs1)[C@@H]1CCCN1S(=O)(=O)c1ccccc1Cl. The van der Waals surface area contributed by atoms with Crippen molar-refractivity contribution in [2.45, 2.75) is 36.5 Å². The summed E-state index contributed by atoms with van der Waals surface area (Å²) in [4.78, 5) is 17.1. The highest BCUT2D eigenvalue weighted by molar-refractivity contribution is 7.89. The van der Waals surface area contributed by atoms with Crippen LogP contribution in [0.5, 0.6) is 0 Å². The predicted octanol–water partition coefficient (Wildman–Crippen LogP) is 4.95. The van der Waals surface area contributed by atoms with Gasteiger partial charge in [0, 0.05) is 17.5 Å². The molecule has 4 rings (SSSR count). The van der Waals surface area contributed by atoms with Crippen LogP contribution in [-0.4, -0.2) is 36.2 Å². The molecule has 2 heterocycles. The van der Waals surface area contributed by atoms with Gasteiger partial charge in [-0.3, -0.25) is 4.79 Å². The molecule has 0 bridgehead atoms. The first-order valence-corrected chi connectivity index (χ1v) is 12.9. The molecule has 3 aromatic rings. The second-order valence-corrected chi connectivity index (χ2v) is 10.8. The maximum absolute atomic E-state index is 13.1. The Labute approximate surface area is 203 Å². The molecule has 1 amide bonds. The van der Waals surface area contributed by atoms with E-state index in [1.807, 2.05) is 0 Å². The number of thiazole rings is 1. The van der Waals surface area contributed by atoms with Gasteiger partial charge in [-0.25, -0.2) is 13.4 Å². The second kappa shape index (κ2) is 9.65. The summed E-state index contributed by atoms with van der Waals surface area (Å²) in [6.45, 7) is 0.279. The van der Waals surface area contributed by atoms with Crippen LogP contribution in [-0.2, 0) is 27.5 Å². The maximum Gasteiger partial charge on any atom is 0.416 e. The lowest BCUT2D eigenvalue weighted by Crippen LogP contribution is -2.45. The van der Waals surface area contributed by atoms with E-state index in [1.165, 1.54) is 39.9 Å². The number of halogens is 4. The largest absolute Gasteiger partial charge is 0.416 e. The topological polar surface area (TPSA) is 79.4 Å². The number of hydrogen-bond acceptors (Lipinski definition) is 5. The highest BCUT2D eigenvalue weighted by Crippen LogP contribution is 2.32. The number of carbonyl (C=O) groups is 1. The van der Waals surface area contributed by atoms with Gasteiger partial charge in [-0.1, -0.05) is 35.9 Å². The van der Waals surface area contributed by atoms with E-state index in [-0.39, 0.29) is 23.0 Å². The molecular formula is C22H19ClF3N3O3S2. The lowest BCUT2D eigenvalue weighted by molar-refractivity contribution is -0.137. The first kappa shape index (κ1) is 24.6. The van der Waals surface area contributed by atoms with Crippen molar-refractivity contribution >= 4 is 38.9 Å². The van der Waals surface area contributed by atoms with E-state index in [4.69, 9.17) is 11.6 Å². The van der Waals surface area contributed by atoms with Crippen LogP contribution in [0.1, 0.15) is 23.4 Å². The minimum Gasteiger partial charge on any atom is -0.348 e. The number of hydrogen-bond donors (Lipinski definition) is 1. The van der Waals surface area contributed by atoms with Gasteiger partial charge in [0.1, 0.15) is 15.9 Å². The molecule has 1 saturated heterocycles. The summed E-state index contributed by atoms with van der Waals surface area (Å²) in [5.41, 5.74) is 0.271. The number of carbonyl (C=O) groups excluding carboxylic acids is 1. The summed E-state index contributed by atoms with van der Waals surface area (Å²) >= 11 is 7.32. The molecule has 12 heteroatoms. The van der Waals surface area contributed by atoms with Crippen molar-refractivity contribution in [1.29, 1.82) is 0 Å². The van der Waals surface area contributed by atoms with Crippen LogP contribution in [0.25, 0.3) is 11.3 Å². The van der Waals surface area contributed by atoms with E-state index in [2.05, 4.69) is 10.3 Å². The van der Waals surface area contributed by atoms with Crippen molar-refractivity contribution in [3.8, 4) is 11.3 Å². The minimum absolute atomic E-state index is 0.0440. The summed E-state index contributed by atoms with van der Waals surface area (Å²) < 4.78 is 65.5. The van der Waals surface area contributed by atoms with Crippen molar-refractivity contribution in [3.63, 3.8) is 0 Å². The van der Waals surface area contributed by atoms with E-state index in [9.17, 15) is 26.4 Å². The molecule has 1 atom stereocenters. The number of alkyl halides is 3. The Morgan fingerprint density at radius 2 is 1.88 bits per heavy atom. The van der Waals surface area contributed by atoms with Gasteiger partial charge < -0.3 is 5.32 Å². The fourth-order valence-corrected chi connectivity index (χ4v) is 6.60.